The molecule has 0 bridgehead atoms. The zero-order valence-electron chi connectivity index (χ0n) is 17.4. The third-order valence-corrected chi connectivity index (χ3v) is 4.51. The van der Waals surface area contributed by atoms with Gasteiger partial charge >= 0.3 is 5.97 Å². The van der Waals surface area contributed by atoms with Crippen molar-refractivity contribution in [2.75, 3.05) is 20.3 Å². The lowest BCUT2D eigenvalue weighted by molar-refractivity contribution is -0.148. The molecule has 3 rings (SSSR count). The molecule has 0 unspecified atom stereocenters. The Hall–Kier alpha value is -3.51. The molecule has 0 amide bonds. The summed E-state index contributed by atoms with van der Waals surface area (Å²) in [4.78, 5) is 11.1. The van der Waals surface area contributed by atoms with E-state index in [9.17, 15) is 4.79 Å². The Kier molecular flexibility index (Phi) is 8.31. The molecule has 0 spiro atoms. The Morgan fingerprint density at radius 2 is 1.42 bits per heavy atom. The number of rotatable bonds is 12. The van der Waals surface area contributed by atoms with Gasteiger partial charge in [-0.05, 0) is 54.1 Å². The predicted octanol–water partition coefficient (Wildman–Crippen LogP) is 4.97. The van der Waals surface area contributed by atoms with E-state index in [1.807, 2.05) is 78.9 Å². The third-order valence-electron chi connectivity index (χ3n) is 4.51. The molecular formula is C25H26O6. The highest BCUT2D eigenvalue weighted by atomic mass is 16.5. The van der Waals surface area contributed by atoms with E-state index in [2.05, 4.69) is 0 Å². The first-order valence-corrected chi connectivity index (χ1v) is 10.1. The number of benzene rings is 3. The number of ether oxygens (including phenoxy) is 4. The Morgan fingerprint density at radius 1 is 0.806 bits per heavy atom. The van der Waals surface area contributed by atoms with E-state index in [0.29, 0.717) is 25.4 Å². The maximum atomic E-state index is 11.1. The average molecular weight is 422 g/mol. The Balaban J connectivity index is 1.38. The monoisotopic (exact) mass is 422 g/mol. The average Bonchev–Trinajstić information content (AvgIpc) is 2.79. The van der Waals surface area contributed by atoms with Crippen LogP contribution in [0.1, 0.15) is 12.0 Å². The van der Waals surface area contributed by atoms with Gasteiger partial charge in [0.15, 0.2) is 6.10 Å². The van der Waals surface area contributed by atoms with E-state index in [0.717, 1.165) is 22.8 Å². The Labute approximate surface area is 182 Å². The fourth-order valence-corrected chi connectivity index (χ4v) is 2.92. The number of para-hydroxylation sites is 1. The minimum Gasteiger partial charge on any atom is -0.493 e. The molecule has 0 saturated heterocycles. The largest absolute Gasteiger partial charge is 0.493 e. The molecule has 0 aliphatic heterocycles. The quantitative estimate of drug-likeness (QED) is 0.416. The van der Waals surface area contributed by atoms with Gasteiger partial charge in [-0.3, -0.25) is 0 Å². The summed E-state index contributed by atoms with van der Waals surface area (Å²) in [5, 5.41) is 9.10. The van der Waals surface area contributed by atoms with Gasteiger partial charge in [-0.15, -0.1) is 0 Å². The Morgan fingerprint density at radius 3 is 2.10 bits per heavy atom. The van der Waals surface area contributed by atoms with Gasteiger partial charge in [-0.1, -0.05) is 30.3 Å². The molecule has 0 saturated carbocycles. The van der Waals surface area contributed by atoms with Gasteiger partial charge in [0, 0.05) is 20.0 Å². The molecule has 0 aromatic heterocycles. The van der Waals surface area contributed by atoms with Gasteiger partial charge in [-0.25, -0.2) is 4.79 Å². The molecule has 6 heteroatoms. The van der Waals surface area contributed by atoms with Crippen molar-refractivity contribution in [1.82, 2.24) is 0 Å². The van der Waals surface area contributed by atoms with Gasteiger partial charge in [-0.2, -0.15) is 0 Å². The molecule has 1 atom stereocenters. The minimum atomic E-state index is -0.981. The van der Waals surface area contributed by atoms with Crippen molar-refractivity contribution in [1.29, 1.82) is 0 Å². The van der Waals surface area contributed by atoms with Crippen LogP contribution in [0.25, 0.3) is 0 Å². The topological polar surface area (TPSA) is 74.2 Å². The second-order valence-corrected chi connectivity index (χ2v) is 6.85. The summed E-state index contributed by atoms with van der Waals surface area (Å²) in [6.07, 6.45) is 0.131. The van der Waals surface area contributed by atoms with Crippen LogP contribution in [0, 0.1) is 0 Å². The zero-order valence-corrected chi connectivity index (χ0v) is 17.4. The highest BCUT2D eigenvalue weighted by Gasteiger charge is 2.16. The van der Waals surface area contributed by atoms with E-state index in [4.69, 9.17) is 24.1 Å². The van der Waals surface area contributed by atoms with E-state index < -0.39 is 12.1 Å². The molecule has 0 aliphatic carbocycles. The number of carboxylic acids is 1. The second-order valence-electron chi connectivity index (χ2n) is 6.85. The van der Waals surface area contributed by atoms with Crippen LogP contribution in [0.3, 0.4) is 0 Å². The highest BCUT2D eigenvalue weighted by Crippen LogP contribution is 2.23. The fourth-order valence-electron chi connectivity index (χ4n) is 2.92. The smallest absolute Gasteiger partial charge is 0.333 e. The lowest BCUT2D eigenvalue weighted by atomic mass is 10.1. The van der Waals surface area contributed by atoms with Gasteiger partial charge in [0.2, 0.25) is 0 Å². The normalized spacial score (nSPS) is 11.5. The molecule has 0 aliphatic rings. The molecule has 0 fully saturated rings. The second kappa shape index (κ2) is 11.6. The summed E-state index contributed by atoms with van der Waals surface area (Å²) in [6, 6.07) is 24.5. The van der Waals surface area contributed by atoms with Gasteiger partial charge in [0.1, 0.15) is 23.0 Å². The number of hydrogen-bond donors (Lipinski definition) is 1. The summed E-state index contributed by atoms with van der Waals surface area (Å²) < 4.78 is 22.3. The third kappa shape index (κ3) is 7.35. The number of carboxylic acid groups (broad SMARTS) is 1. The number of hydrogen-bond acceptors (Lipinski definition) is 5. The van der Waals surface area contributed by atoms with Crippen LogP contribution in [0.4, 0.5) is 0 Å². The number of carbonyl (C=O) groups is 1. The first-order valence-electron chi connectivity index (χ1n) is 10.1. The van der Waals surface area contributed by atoms with Crippen LogP contribution >= 0.6 is 0 Å². The zero-order chi connectivity index (χ0) is 21.9. The van der Waals surface area contributed by atoms with Crippen molar-refractivity contribution in [3.05, 3.63) is 84.4 Å². The van der Waals surface area contributed by atoms with E-state index in [1.165, 1.54) is 7.11 Å². The highest BCUT2D eigenvalue weighted by molar-refractivity contribution is 5.72. The molecule has 1 N–H and O–H groups in total. The SMILES string of the molecule is CO[C@@H](Cc1cccc(OCCCOc2ccc(Oc3ccccc3)cc2)c1)C(=O)O. The van der Waals surface area contributed by atoms with Crippen molar-refractivity contribution >= 4 is 5.97 Å². The van der Waals surface area contributed by atoms with Gasteiger partial charge in [0.25, 0.3) is 0 Å². The van der Waals surface area contributed by atoms with Crippen LogP contribution in [-0.4, -0.2) is 37.5 Å². The summed E-state index contributed by atoms with van der Waals surface area (Å²) in [6.45, 7) is 1.01. The molecule has 0 heterocycles. The van der Waals surface area contributed by atoms with Crippen LogP contribution in [0.15, 0.2) is 78.9 Å². The summed E-state index contributed by atoms with van der Waals surface area (Å²) in [5.74, 6) is 2.02. The molecular weight excluding hydrogens is 396 g/mol. The summed E-state index contributed by atoms with van der Waals surface area (Å²) in [5.41, 5.74) is 0.848. The molecule has 3 aromatic rings. The molecule has 6 nitrogen and oxygen atoms in total. The Bertz CT molecular complexity index is 940. The van der Waals surface area contributed by atoms with E-state index in [-0.39, 0.29) is 6.42 Å². The molecule has 162 valence electrons. The van der Waals surface area contributed by atoms with Crippen molar-refractivity contribution < 1.29 is 28.8 Å². The summed E-state index contributed by atoms with van der Waals surface area (Å²) in [7, 11) is 1.39. The minimum absolute atomic E-state index is 0.288. The lowest BCUT2D eigenvalue weighted by Gasteiger charge is -2.12. The van der Waals surface area contributed by atoms with E-state index >= 15 is 0 Å². The predicted molar refractivity (Wildman–Crippen MR) is 117 cm³/mol. The maximum Gasteiger partial charge on any atom is 0.333 e. The lowest BCUT2D eigenvalue weighted by Crippen LogP contribution is -2.24. The van der Waals surface area contributed by atoms with E-state index in [1.54, 1.807) is 0 Å². The fraction of sp³-hybridized carbons (Fsp3) is 0.240. The van der Waals surface area contributed by atoms with Crippen LogP contribution in [0.5, 0.6) is 23.0 Å². The first kappa shape index (κ1) is 22.2. The first-order chi connectivity index (χ1) is 15.1. The standard InChI is InChI=1S/C25H26O6/c1-28-24(25(26)27)18-19-7-5-10-23(17-19)30-16-6-15-29-20-11-13-22(14-12-20)31-21-8-3-2-4-9-21/h2-5,7-14,17,24H,6,15-16,18H2,1H3,(H,26,27)/t24-/m0/s1. The van der Waals surface area contributed by atoms with Crippen LogP contribution < -0.4 is 14.2 Å². The number of aliphatic carboxylic acids is 1. The number of methoxy groups -OCH3 is 1. The van der Waals surface area contributed by atoms with Gasteiger partial charge < -0.3 is 24.1 Å². The van der Waals surface area contributed by atoms with Gasteiger partial charge in [0.05, 0.1) is 13.2 Å². The van der Waals surface area contributed by atoms with Crippen molar-refractivity contribution in [3.63, 3.8) is 0 Å². The van der Waals surface area contributed by atoms with Crippen molar-refractivity contribution in [2.24, 2.45) is 0 Å². The van der Waals surface area contributed by atoms with Crippen molar-refractivity contribution in [3.8, 4) is 23.0 Å². The summed E-state index contributed by atoms with van der Waals surface area (Å²) >= 11 is 0. The van der Waals surface area contributed by atoms with Crippen LogP contribution in [0.2, 0.25) is 0 Å². The van der Waals surface area contributed by atoms with Crippen molar-refractivity contribution in [2.45, 2.75) is 18.9 Å². The molecule has 0 radical (unpaired) electrons. The van der Waals surface area contributed by atoms with Crippen LogP contribution in [-0.2, 0) is 16.0 Å². The molecule has 3 aromatic carbocycles. The maximum absolute atomic E-state index is 11.1. The molecule has 31 heavy (non-hydrogen) atoms.